The molecule has 1 heterocycles. The first kappa shape index (κ1) is 17.3. The molecule has 1 aromatic rings. The van der Waals surface area contributed by atoms with E-state index in [0.717, 1.165) is 18.7 Å². The van der Waals surface area contributed by atoms with E-state index < -0.39 is 0 Å². The maximum atomic E-state index is 12.6. The number of hydrogen-bond donors (Lipinski definition) is 1. The van der Waals surface area contributed by atoms with Gasteiger partial charge in [0.25, 0.3) is 0 Å². The Morgan fingerprint density at radius 3 is 2.86 bits per heavy atom. The van der Waals surface area contributed by atoms with Crippen molar-refractivity contribution in [3.63, 3.8) is 0 Å². The van der Waals surface area contributed by atoms with E-state index >= 15 is 0 Å². The van der Waals surface area contributed by atoms with Gasteiger partial charge in [-0.15, -0.1) is 0 Å². The summed E-state index contributed by atoms with van der Waals surface area (Å²) < 4.78 is 0. The highest BCUT2D eigenvalue weighted by Gasteiger charge is 2.25. The number of nitrogens with one attached hydrogen (secondary N) is 1. The summed E-state index contributed by atoms with van der Waals surface area (Å²) in [5, 5.41) is 4.15. The van der Waals surface area contributed by atoms with Gasteiger partial charge in [-0.1, -0.05) is 30.7 Å². The predicted molar refractivity (Wildman–Crippen MR) is 92.0 cm³/mol. The van der Waals surface area contributed by atoms with Gasteiger partial charge in [-0.25, -0.2) is 0 Å². The zero-order valence-corrected chi connectivity index (χ0v) is 14.6. The van der Waals surface area contributed by atoms with E-state index in [4.69, 9.17) is 11.6 Å². The van der Waals surface area contributed by atoms with Crippen molar-refractivity contribution in [2.75, 3.05) is 20.1 Å². The van der Waals surface area contributed by atoms with Crippen molar-refractivity contribution < 1.29 is 4.79 Å². The molecule has 0 aliphatic carbocycles. The van der Waals surface area contributed by atoms with Crippen LogP contribution in [0.15, 0.2) is 24.3 Å². The lowest BCUT2D eigenvalue weighted by molar-refractivity contribution is -0.133. The smallest absolute Gasteiger partial charge is 0.223 e. The summed E-state index contributed by atoms with van der Waals surface area (Å²) in [6.45, 7) is 6.41. The quantitative estimate of drug-likeness (QED) is 0.892. The van der Waals surface area contributed by atoms with Crippen LogP contribution in [0, 0.1) is 11.8 Å². The Balaban J connectivity index is 1.93. The fraction of sp³-hybridized carbons (Fsp3) is 0.611. The lowest BCUT2D eigenvalue weighted by Crippen LogP contribution is -2.36. The summed E-state index contributed by atoms with van der Waals surface area (Å²) in [6, 6.07) is 7.79. The topological polar surface area (TPSA) is 32.3 Å². The normalized spacial score (nSPS) is 21.2. The van der Waals surface area contributed by atoms with Crippen molar-refractivity contribution >= 4 is 17.5 Å². The van der Waals surface area contributed by atoms with Crippen LogP contribution in [0.4, 0.5) is 0 Å². The predicted octanol–water partition coefficient (Wildman–Crippen LogP) is 3.89. The molecule has 3 atom stereocenters. The standard InChI is InChI=1S/C18H27ClN2O/c1-13(16-7-5-9-20-12-16)10-18(22)21(3)14(2)15-6-4-8-17(19)11-15/h4,6,8,11,13-14,16,20H,5,7,9-10,12H2,1-3H3. The van der Waals surface area contributed by atoms with Crippen molar-refractivity contribution in [3.05, 3.63) is 34.9 Å². The molecular formula is C18H27ClN2O. The minimum atomic E-state index is 0.0443. The van der Waals surface area contributed by atoms with Crippen molar-refractivity contribution in [3.8, 4) is 0 Å². The zero-order valence-electron chi connectivity index (χ0n) is 13.8. The number of nitrogens with zero attached hydrogens (tertiary/aromatic N) is 1. The molecule has 1 aromatic carbocycles. The molecule has 1 saturated heterocycles. The first-order valence-corrected chi connectivity index (χ1v) is 8.58. The molecule has 1 aliphatic heterocycles. The van der Waals surface area contributed by atoms with Gasteiger partial charge in [0.2, 0.25) is 5.91 Å². The van der Waals surface area contributed by atoms with Gasteiger partial charge in [-0.05, 0) is 62.4 Å². The zero-order chi connectivity index (χ0) is 16.1. The first-order chi connectivity index (χ1) is 10.5. The van der Waals surface area contributed by atoms with Gasteiger partial charge in [0.05, 0.1) is 6.04 Å². The summed E-state index contributed by atoms with van der Waals surface area (Å²) in [5.74, 6) is 1.26. The Bertz CT molecular complexity index is 500. The van der Waals surface area contributed by atoms with E-state index in [1.54, 1.807) is 0 Å². The lowest BCUT2D eigenvalue weighted by atomic mass is 9.85. The largest absolute Gasteiger partial charge is 0.339 e. The van der Waals surface area contributed by atoms with Crippen LogP contribution in [0.2, 0.25) is 5.02 Å². The van der Waals surface area contributed by atoms with Gasteiger partial charge < -0.3 is 10.2 Å². The second-order valence-electron chi connectivity index (χ2n) is 6.52. The van der Waals surface area contributed by atoms with Crippen LogP contribution in [0.5, 0.6) is 0 Å². The van der Waals surface area contributed by atoms with Crippen LogP contribution in [-0.2, 0) is 4.79 Å². The molecule has 1 aliphatic rings. The highest BCUT2D eigenvalue weighted by Crippen LogP contribution is 2.26. The first-order valence-electron chi connectivity index (χ1n) is 8.21. The Hall–Kier alpha value is -1.06. The summed E-state index contributed by atoms with van der Waals surface area (Å²) in [4.78, 5) is 14.4. The molecular weight excluding hydrogens is 296 g/mol. The van der Waals surface area contributed by atoms with E-state index in [2.05, 4.69) is 19.2 Å². The van der Waals surface area contributed by atoms with Crippen molar-refractivity contribution in [1.82, 2.24) is 10.2 Å². The van der Waals surface area contributed by atoms with Crippen LogP contribution in [0.3, 0.4) is 0 Å². The summed E-state index contributed by atoms with van der Waals surface area (Å²) in [5.41, 5.74) is 1.08. The second kappa shape index (κ2) is 7.98. The molecule has 4 heteroatoms. The Labute approximate surface area is 139 Å². The van der Waals surface area contributed by atoms with Gasteiger partial charge in [0.15, 0.2) is 0 Å². The van der Waals surface area contributed by atoms with Crippen LogP contribution < -0.4 is 5.32 Å². The molecule has 0 spiro atoms. The molecule has 3 unspecified atom stereocenters. The average molecular weight is 323 g/mol. The van der Waals surface area contributed by atoms with Crippen molar-refractivity contribution in [2.45, 2.75) is 39.2 Å². The van der Waals surface area contributed by atoms with E-state index in [1.807, 2.05) is 36.2 Å². The van der Waals surface area contributed by atoms with E-state index in [0.29, 0.717) is 23.3 Å². The molecule has 0 radical (unpaired) electrons. The second-order valence-corrected chi connectivity index (χ2v) is 6.96. The van der Waals surface area contributed by atoms with Crippen LogP contribution in [-0.4, -0.2) is 30.9 Å². The highest BCUT2D eigenvalue weighted by atomic mass is 35.5. The molecule has 1 fully saturated rings. The molecule has 2 rings (SSSR count). The fourth-order valence-corrected chi connectivity index (χ4v) is 3.36. The van der Waals surface area contributed by atoms with Gasteiger partial charge in [-0.3, -0.25) is 4.79 Å². The van der Waals surface area contributed by atoms with Crippen LogP contribution in [0.25, 0.3) is 0 Å². The minimum absolute atomic E-state index is 0.0443. The van der Waals surface area contributed by atoms with Gasteiger partial charge in [0, 0.05) is 18.5 Å². The van der Waals surface area contributed by atoms with Crippen LogP contribution >= 0.6 is 11.6 Å². The molecule has 1 amide bonds. The SMILES string of the molecule is CC(CC(=O)N(C)C(C)c1cccc(Cl)c1)C1CCCNC1. The van der Waals surface area contributed by atoms with E-state index in [1.165, 1.54) is 12.8 Å². The van der Waals surface area contributed by atoms with Crippen LogP contribution in [0.1, 0.15) is 44.7 Å². The molecule has 0 aromatic heterocycles. The third-order valence-electron chi connectivity index (χ3n) is 4.94. The number of rotatable bonds is 5. The number of halogens is 1. The van der Waals surface area contributed by atoms with E-state index in [9.17, 15) is 4.79 Å². The van der Waals surface area contributed by atoms with Gasteiger partial charge >= 0.3 is 0 Å². The maximum absolute atomic E-state index is 12.6. The Morgan fingerprint density at radius 1 is 1.45 bits per heavy atom. The number of carbonyl (C=O) groups is 1. The van der Waals surface area contributed by atoms with Crippen molar-refractivity contribution in [2.24, 2.45) is 11.8 Å². The number of benzene rings is 1. The van der Waals surface area contributed by atoms with Crippen molar-refractivity contribution in [1.29, 1.82) is 0 Å². The van der Waals surface area contributed by atoms with E-state index in [-0.39, 0.29) is 11.9 Å². The lowest BCUT2D eigenvalue weighted by Gasteiger charge is -2.31. The fourth-order valence-electron chi connectivity index (χ4n) is 3.16. The molecule has 0 saturated carbocycles. The monoisotopic (exact) mass is 322 g/mol. The molecule has 22 heavy (non-hydrogen) atoms. The molecule has 3 nitrogen and oxygen atoms in total. The highest BCUT2D eigenvalue weighted by molar-refractivity contribution is 6.30. The average Bonchev–Trinajstić information content (AvgIpc) is 2.54. The molecule has 122 valence electrons. The third kappa shape index (κ3) is 4.47. The Morgan fingerprint density at radius 2 is 2.23 bits per heavy atom. The molecule has 1 N–H and O–H groups in total. The number of piperidine rings is 1. The van der Waals surface area contributed by atoms with Gasteiger partial charge in [0.1, 0.15) is 0 Å². The maximum Gasteiger partial charge on any atom is 0.223 e. The summed E-state index contributed by atoms with van der Waals surface area (Å²) in [7, 11) is 1.89. The molecule has 0 bridgehead atoms. The number of hydrogen-bond acceptors (Lipinski definition) is 2. The Kier molecular flexibility index (Phi) is 6.27. The number of amides is 1. The number of carbonyl (C=O) groups excluding carboxylic acids is 1. The van der Waals surface area contributed by atoms with Gasteiger partial charge in [-0.2, -0.15) is 0 Å². The minimum Gasteiger partial charge on any atom is -0.339 e. The third-order valence-corrected chi connectivity index (χ3v) is 5.18. The summed E-state index contributed by atoms with van der Waals surface area (Å²) in [6.07, 6.45) is 3.07. The summed E-state index contributed by atoms with van der Waals surface area (Å²) >= 11 is 6.05.